The fourth-order valence-corrected chi connectivity index (χ4v) is 4.08. The number of aromatic nitrogens is 3. The number of hydrogen-bond acceptors (Lipinski definition) is 4. The lowest BCUT2D eigenvalue weighted by Gasteiger charge is -2.38. The van der Waals surface area contributed by atoms with E-state index >= 15 is 0 Å². The van der Waals surface area contributed by atoms with Gasteiger partial charge in [-0.3, -0.25) is 14.2 Å². The molecule has 0 saturated carbocycles. The predicted octanol–water partition coefficient (Wildman–Crippen LogP) is 1.74. The Labute approximate surface area is 152 Å². The zero-order valence-corrected chi connectivity index (χ0v) is 15.0. The molecule has 1 aromatic heterocycles. The van der Waals surface area contributed by atoms with E-state index in [0.29, 0.717) is 12.0 Å². The first-order valence-corrected chi connectivity index (χ1v) is 9.12. The highest BCUT2D eigenvalue weighted by Crippen LogP contribution is 2.41. The molecule has 2 aliphatic heterocycles. The number of nitrogens with zero attached hydrogens (tertiary/aromatic N) is 5. The second-order valence-corrected chi connectivity index (χ2v) is 7.29. The Kier molecular flexibility index (Phi) is 4.22. The lowest BCUT2D eigenvalue weighted by atomic mass is 9.77. The van der Waals surface area contributed by atoms with Gasteiger partial charge < -0.3 is 9.80 Å². The molecule has 4 rings (SSSR count). The van der Waals surface area contributed by atoms with E-state index in [2.05, 4.69) is 10.2 Å². The van der Waals surface area contributed by atoms with Crippen molar-refractivity contribution in [2.75, 3.05) is 26.2 Å². The van der Waals surface area contributed by atoms with Gasteiger partial charge in [0, 0.05) is 49.3 Å². The van der Waals surface area contributed by atoms with Crippen molar-refractivity contribution >= 4 is 11.8 Å². The molecule has 2 saturated heterocycles. The third kappa shape index (κ3) is 2.98. The van der Waals surface area contributed by atoms with Crippen LogP contribution in [0.5, 0.6) is 0 Å². The number of likely N-dealkylation sites (tertiary alicyclic amines) is 2. The second kappa shape index (κ2) is 6.55. The van der Waals surface area contributed by atoms with Crippen LogP contribution >= 0.6 is 0 Å². The summed E-state index contributed by atoms with van der Waals surface area (Å²) in [6, 6.07) is 7.49. The Morgan fingerprint density at radius 1 is 1.12 bits per heavy atom. The van der Waals surface area contributed by atoms with Crippen LogP contribution in [0.3, 0.4) is 0 Å². The van der Waals surface area contributed by atoms with Gasteiger partial charge in [0.05, 0.1) is 0 Å². The first-order valence-electron chi connectivity index (χ1n) is 9.12. The SMILES string of the molecule is CCN1CC2(CCN(C(=O)c3ccc(-n4cnnc4)cc3)CC2)CC1=O. The minimum absolute atomic E-state index is 0.0619. The number of amides is 2. The van der Waals surface area contributed by atoms with Crippen LogP contribution in [-0.4, -0.2) is 62.6 Å². The summed E-state index contributed by atoms with van der Waals surface area (Å²) >= 11 is 0. The molecule has 0 bridgehead atoms. The van der Waals surface area contributed by atoms with E-state index in [-0.39, 0.29) is 17.2 Å². The minimum Gasteiger partial charge on any atom is -0.342 e. The molecule has 0 atom stereocenters. The number of piperidine rings is 1. The summed E-state index contributed by atoms with van der Waals surface area (Å²) in [5.41, 5.74) is 1.69. The highest BCUT2D eigenvalue weighted by Gasteiger charge is 2.44. The third-order valence-electron chi connectivity index (χ3n) is 5.73. The van der Waals surface area contributed by atoms with Gasteiger partial charge in [0.1, 0.15) is 12.7 Å². The lowest BCUT2D eigenvalue weighted by molar-refractivity contribution is -0.127. The highest BCUT2D eigenvalue weighted by molar-refractivity contribution is 5.94. The first kappa shape index (κ1) is 16.8. The molecule has 26 heavy (non-hydrogen) atoms. The van der Waals surface area contributed by atoms with Crippen molar-refractivity contribution in [3.8, 4) is 5.69 Å². The van der Waals surface area contributed by atoms with Crippen molar-refractivity contribution in [2.24, 2.45) is 5.41 Å². The molecule has 2 amide bonds. The van der Waals surface area contributed by atoms with Crippen molar-refractivity contribution in [1.82, 2.24) is 24.6 Å². The molecule has 1 spiro atoms. The molecular formula is C19H23N5O2. The van der Waals surface area contributed by atoms with E-state index < -0.39 is 0 Å². The number of carbonyl (C=O) groups excluding carboxylic acids is 2. The van der Waals surface area contributed by atoms with Crippen LogP contribution in [0.4, 0.5) is 0 Å². The van der Waals surface area contributed by atoms with Crippen molar-refractivity contribution in [3.63, 3.8) is 0 Å². The quantitative estimate of drug-likeness (QED) is 0.843. The van der Waals surface area contributed by atoms with E-state index in [4.69, 9.17) is 0 Å². The fourth-order valence-electron chi connectivity index (χ4n) is 4.08. The Morgan fingerprint density at radius 2 is 1.77 bits per heavy atom. The smallest absolute Gasteiger partial charge is 0.253 e. The van der Waals surface area contributed by atoms with Gasteiger partial charge in [0.2, 0.25) is 5.91 Å². The van der Waals surface area contributed by atoms with Gasteiger partial charge >= 0.3 is 0 Å². The number of rotatable bonds is 3. The van der Waals surface area contributed by atoms with Crippen LogP contribution in [0.15, 0.2) is 36.9 Å². The molecule has 0 unspecified atom stereocenters. The van der Waals surface area contributed by atoms with Gasteiger partial charge in [-0.05, 0) is 44.0 Å². The third-order valence-corrected chi connectivity index (χ3v) is 5.73. The standard InChI is InChI=1S/C19H23N5O2/c1-2-22-12-19(11-17(22)25)7-9-23(10-8-19)18(26)15-3-5-16(6-4-15)24-13-20-21-14-24/h3-6,13-14H,2,7-12H2,1H3. The molecule has 7 nitrogen and oxygen atoms in total. The molecule has 1 aromatic carbocycles. The van der Waals surface area contributed by atoms with Gasteiger partial charge in [-0.2, -0.15) is 0 Å². The van der Waals surface area contributed by atoms with E-state index in [1.807, 2.05) is 41.0 Å². The average Bonchev–Trinajstić information content (AvgIpc) is 3.30. The monoisotopic (exact) mass is 353 g/mol. The minimum atomic E-state index is 0.0619. The van der Waals surface area contributed by atoms with Gasteiger partial charge in [-0.1, -0.05) is 0 Å². The molecule has 0 N–H and O–H groups in total. The summed E-state index contributed by atoms with van der Waals surface area (Å²) in [7, 11) is 0. The summed E-state index contributed by atoms with van der Waals surface area (Å²) in [5, 5.41) is 7.58. The molecule has 3 heterocycles. The molecule has 2 aliphatic rings. The Bertz CT molecular complexity index is 792. The molecule has 0 aliphatic carbocycles. The lowest BCUT2D eigenvalue weighted by Crippen LogP contribution is -2.44. The number of carbonyl (C=O) groups is 2. The summed E-state index contributed by atoms with van der Waals surface area (Å²) in [5.74, 6) is 0.323. The molecule has 2 aromatic rings. The van der Waals surface area contributed by atoms with Gasteiger partial charge in [-0.25, -0.2) is 0 Å². The Morgan fingerprint density at radius 3 is 2.35 bits per heavy atom. The summed E-state index contributed by atoms with van der Waals surface area (Å²) in [6.07, 6.45) is 5.70. The van der Waals surface area contributed by atoms with Gasteiger partial charge in [0.25, 0.3) is 5.91 Å². The molecule has 7 heteroatoms. The molecule has 0 radical (unpaired) electrons. The van der Waals surface area contributed by atoms with Gasteiger partial charge in [-0.15, -0.1) is 10.2 Å². The summed E-state index contributed by atoms with van der Waals surface area (Å²) in [6.45, 7) is 5.09. The van der Waals surface area contributed by atoms with Crippen molar-refractivity contribution in [2.45, 2.75) is 26.2 Å². The first-order chi connectivity index (χ1) is 12.6. The van der Waals surface area contributed by atoms with Crippen LogP contribution in [-0.2, 0) is 4.79 Å². The van der Waals surface area contributed by atoms with Crippen molar-refractivity contribution in [1.29, 1.82) is 0 Å². The largest absolute Gasteiger partial charge is 0.342 e. The maximum Gasteiger partial charge on any atom is 0.253 e. The Balaban J connectivity index is 1.40. The van der Waals surface area contributed by atoms with E-state index in [1.54, 1.807) is 17.2 Å². The number of hydrogen-bond donors (Lipinski definition) is 0. The Hall–Kier alpha value is -2.70. The summed E-state index contributed by atoms with van der Waals surface area (Å²) in [4.78, 5) is 28.7. The van der Waals surface area contributed by atoms with Crippen molar-refractivity contribution < 1.29 is 9.59 Å². The molecular weight excluding hydrogens is 330 g/mol. The highest BCUT2D eigenvalue weighted by atomic mass is 16.2. The van der Waals surface area contributed by atoms with Crippen LogP contribution in [0.1, 0.15) is 36.5 Å². The topological polar surface area (TPSA) is 71.3 Å². The normalized spacial score (nSPS) is 19.3. The van der Waals surface area contributed by atoms with E-state index in [0.717, 1.165) is 44.7 Å². The fraction of sp³-hybridized carbons (Fsp3) is 0.474. The number of benzene rings is 1. The van der Waals surface area contributed by atoms with Gasteiger partial charge in [0.15, 0.2) is 0 Å². The predicted molar refractivity (Wildman–Crippen MR) is 95.8 cm³/mol. The zero-order chi connectivity index (χ0) is 18.1. The van der Waals surface area contributed by atoms with E-state index in [9.17, 15) is 9.59 Å². The molecule has 2 fully saturated rings. The second-order valence-electron chi connectivity index (χ2n) is 7.29. The van der Waals surface area contributed by atoms with Crippen molar-refractivity contribution in [3.05, 3.63) is 42.5 Å². The van der Waals surface area contributed by atoms with Crippen LogP contribution in [0.2, 0.25) is 0 Å². The van der Waals surface area contributed by atoms with Crippen LogP contribution in [0, 0.1) is 5.41 Å². The average molecular weight is 353 g/mol. The zero-order valence-electron chi connectivity index (χ0n) is 15.0. The maximum atomic E-state index is 12.8. The maximum absolute atomic E-state index is 12.8. The van der Waals surface area contributed by atoms with Crippen LogP contribution in [0.25, 0.3) is 5.69 Å². The molecule has 136 valence electrons. The summed E-state index contributed by atoms with van der Waals surface area (Å²) < 4.78 is 1.80. The van der Waals surface area contributed by atoms with Crippen LogP contribution < -0.4 is 0 Å². The van der Waals surface area contributed by atoms with E-state index in [1.165, 1.54) is 0 Å².